The lowest BCUT2D eigenvalue weighted by atomic mass is 10.0. The maximum atomic E-state index is 12.0. The van der Waals surface area contributed by atoms with Gasteiger partial charge < -0.3 is 10.1 Å². The van der Waals surface area contributed by atoms with Gasteiger partial charge in [0, 0.05) is 5.69 Å². The molecule has 0 atom stereocenters. The summed E-state index contributed by atoms with van der Waals surface area (Å²) >= 11 is 0. The van der Waals surface area contributed by atoms with Gasteiger partial charge in [0.1, 0.15) is 5.75 Å². The van der Waals surface area contributed by atoms with Crippen LogP contribution in [0.25, 0.3) is 11.1 Å². The molecule has 0 spiro atoms. The van der Waals surface area contributed by atoms with Crippen LogP contribution in [0.5, 0.6) is 5.75 Å². The van der Waals surface area contributed by atoms with Crippen molar-refractivity contribution < 1.29 is 9.53 Å². The average molecular weight is 342 g/mol. The van der Waals surface area contributed by atoms with Crippen molar-refractivity contribution in [2.45, 2.75) is 6.92 Å². The van der Waals surface area contributed by atoms with Gasteiger partial charge in [-0.05, 0) is 54.4 Å². The van der Waals surface area contributed by atoms with E-state index in [4.69, 9.17) is 10.00 Å². The van der Waals surface area contributed by atoms with Crippen LogP contribution in [0.3, 0.4) is 0 Å². The summed E-state index contributed by atoms with van der Waals surface area (Å²) in [6.07, 6.45) is 0. The molecule has 3 rings (SSSR count). The minimum Gasteiger partial charge on any atom is -0.484 e. The molecule has 0 aliphatic rings. The van der Waals surface area contributed by atoms with Crippen LogP contribution < -0.4 is 10.1 Å². The van der Waals surface area contributed by atoms with Gasteiger partial charge in [0.25, 0.3) is 5.91 Å². The molecular weight excluding hydrogens is 324 g/mol. The Morgan fingerprint density at radius 3 is 2.08 bits per heavy atom. The molecule has 1 amide bonds. The highest BCUT2D eigenvalue weighted by Gasteiger charge is 2.04. The number of carbonyl (C=O) groups excluding carboxylic acids is 1. The zero-order chi connectivity index (χ0) is 18.4. The Balaban J connectivity index is 1.56. The monoisotopic (exact) mass is 342 g/mol. The number of nitriles is 1. The van der Waals surface area contributed by atoms with Gasteiger partial charge in [-0.15, -0.1) is 0 Å². The maximum Gasteiger partial charge on any atom is 0.262 e. The van der Waals surface area contributed by atoms with Crippen molar-refractivity contribution in [3.8, 4) is 22.9 Å². The summed E-state index contributed by atoms with van der Waals surface area (Å²) in [6.45, 7) is 1.94. The number of rotatable bonds is 5. The van der Waals surface area contributed by atoms with Crippen molar-refractivity contribution >= 4 is 11.6 Å². The van der Waals surface area contributed by atoms with Crippen molar-refractivity contribution in [3.05, 3.63) is 83.9 Å². The molecule has 1 N–H and O–H groups in total. The molecule has 0 heterocycles. The molecule has 3 aromatic rings. The topological polar surface area (TPSA) is 62.1 Å². The normalized spacial score (nSPS) is 10.0. The first kappa shape index (κ1) is 17.2. The predicted octanol–water partition coefficient (Wildman–Crippen LogP) is 4.55. The van der Waals surface area contributed by atoms with Crippen LogP contribution in [0.15, 0.2) is 72.8 Å². The Kier molecular flexibility index (Phi) is 5.31. The van der Waals surface area contributed by atoms with Crippen LogP contribution >= 0.6 is 0 Å². The van der Waals surface area contributed by atoms with Crippen LogP contribution in [0, 0.1) is 18.3 Å². The van der Waals surface area contributed by atoms with Crippen molar-refractivity contribution in [2.24, 2.45) is 0 Å². The van der Waals surface area contributed by atoms with E-state index in [2.05, 4.69) is 11.4 Å². The molecule has 0 aliphatic heterocycles. The number of hydrogen-bond acceptors (Lipinski definition) is 3. The molecule has 0 saturated carbocycles. The summed E-state index contributed by atoms with van der Waals surface area (Å²) in [4.78, 5) is 12.0. The molecule has 0 aliphatic carbocycles. The molecular formula is C22H18N2O2. The molecule has 3 aromatic carbocycles. The number of carbonyl (C=O) groups is 1. The number of nitrogens with zero attached hydrogens (tertiary/aromatic N) is 1. The lowest BCUT2D eigenvalue weighted by Gasteiger charge is -2.09. The zero-order valence-corrected chi connectivity index (χ0v) is 14.4. The smallest absolute Gasteiger partial charge is 0.262 e. The SMILES string of the molecule is Cc1ccc(NC(=O)COc2ccc(-c3ccc(C#N)cc3)cc2)cc1. The summed E-state index contributed by atoms with van der Waals surface area (Å²) < 4.78 is 5.54. The van der Waals surface area contributed by atoms with E-state index in [1.54, 1.807) is 12.1 Å². The third kappa shape index (κ3) is 4.49. The van der Waals surface area contributed by atoms with E-state index in [1.807, 2.05) is 67.6 Å². The van der Waals surface area contributed by atoms with Crippen molar-refractivity contribution in [3.63, 3.8) is 0 Å². The van der Waals surface area contributed by atoms with E-state index < -0.39 is 0 Å². The first-order valence-corrected chi connectivity index (χ1v) is 8.24. The van der Waals surface area contributed by atoms with E-state index in [-0.39, 0.29) is 12.5 Å². The fraction of sp³-hybridized carbons (Fsp3) is 0.0909. The molecule has 0 fully saturated rings. The Morgan fingerprint density at radius 2 is 1.50 bits per heavy atom. The van der Waals surface area contributed by atoms with Crippen LogP contribution in [0.4, 0.5) is 5.69 Å². The summed E-state index contributed by atoms with van der Waals surface area (Å²) in [5, 5.41) is 11.6. The quantitative estimate of drug-likeness (QED) is 0.740. The van der Waals surface area contributed by atoms with Crippen molar-refractivity contribution in [1.29, 1.82) is 5.26 Å². The lowest BCUT2D eigenvalue weighted by Crippen LogP contribution is -2.20. The fourth-order valence-electron chi connectivity index (χ4n) is 2.46. The van der Waals surface area contributed by atoms with Gasteiger partial charge in [-0.1, -0.05) is 42.0 Å². The van der Waals surface area contributed by atoms with E-state index in [9.17, 15) is 4.79 Å². The minimum atomic E-state index is -0.204. The molecule has 0 bridgehead atoms. The number of amides is 1. The highest BCUT2D eigenvalue weighted by Crippen LogP contribution is 2.22. The van der Waals surface area contributed by atoms with Crippen LogP contribution in [0.1, 0.15) is 11.1 Å². The number of aryl methyl sites for hydroxylation is 1. The molecule has 0 radical (unpaired) electrons. The van der Waals surface area contributed by atoms with Crippen molar-refractivity contribution in [2.75, 3.05) is 11.9 Å². The van der Waals surface area contributed by atoms with Gasteiger partial charge in [-0.3, -0.25) is 4.79 Å². The van der Waals surface area contributed by atoms with Crippen LogP contribution in [-0.2, 0) is 4.79 Å². The van der Waals surface area contributed by atoms with E-state index in [0.29, 0.717) is 11.3 Å². The van der Waals surface area contributed by atoms with Gasteiger partial charge in [0.15, 0.2) is 6.61 Å². The maximum absolute atomic E-state index is 12.0. The minimum absolute atomic E-state index is 0.0515. The standard InChI is InChI=1S/C22H18N2O2/c1-16-2-10-20(11-3-16)24-22(25)15-26-21-12-8-19(9-13-21)18-6-4-17(14-23)5-7-18/h2-13H,15H2,1H3,(H,24,25). The number of benzene rings is 3. The van der Waals surface area contributed by atoms with E-state index >= 15 is 0 Å². The molecule has 0 saturated heterocycles. The zero-order valence-electron chi connectivity index (χ0n) is 14.4. The molecule has 128 valence electrons. The third-order valence-corrected chi connectivity index (χ3v) is 3.91. The summed E-state index contributed by atoms with van der Waals surface area (Å²) in [5.74, 6) is 0.423. The number of ether oxygens (including phenoxy) is 1. The highest BCUT2D eigenvalue weighted by atomic mass is 16.5. The number of nitrogens with one attached hydrogen (secondary N) is 1. The molecule has 4 nitrogen and oxygen atoms in total. The molecule has 0 aromatic heterocycles. The number of hydrogen-bond donors (Lipinski definition) is 1. The van der Waals surface area contributed by atoms with Crippen LogP contribution in [0.2, 0.25) is 0 Å². The van der Waals surface area contributed by atoms with Gasteiger partial charge in [0.05, 0.1) is 11.6 Å². The second kappa shape index (κ2) is 8.00. The van der Waals surface area contributed by atoms with Crippen molar-refractivity contribution in [1.82, 2.24) is 0 Å². The fourth-order valence-corrected chi connectivity index (χ4v) is 2.46. The predicted molar refractivity (Wildman–Crippen MR) is 102 cm³/mol. The van der Waals surface area contributed by atoms with Gasteiger partial charge in [-0.25, -0.2) is 0 Å². The first-order valence-electron chi connectivity index (χ1n) is 8.24. The second-order valence-electron chi connectivity index (χ2n) is 5.92. The highest BCUT2D eigenvalue weighted by molar-refractivity contribution is 5.91. The van der Waals surface area contributed by atoms with Crippen LogP contribution in [-0.4, -0.2) is 12.5 Å². The summed E-state index contributed by atoms with van der Waals surface area (Å²) in [6, 6.07) is 24.6. The third-order valence-electron chi connectivity index (χ3n) is 3.91. The summed E-state index contributed by atoms with van der Waals surface area (Å²) in [7, 11) is 0. The Hall–Kier alpha value is -3.58. The second-order valence-corrected chi connectivity index (χ2v) is 5.92. The lowest BCUT2D eigenvalue weighted by molar-refractivity contribution is -0.118. The number of anilines is 1. The van der Waals surface area contributed by atoms with Gasteiger partial charge in [-0.2, -0.15) is 5.26 Å². The average Bonchev–Trinajstić information content (AvgIpc) is 2.69. The van der Waals surface area contributed by atoms with E-state index in [0.717, 1.165) is 22.4 Å². The summed E-state index contributed by atoms with van der Waals surface area (Å²) in [5.41, 5.74) is 4.56. The molecule has 0 unspecified atom stereocenters. The Morgan fingerprint density at radius 1 is 0.923 bits per heavy atom. The first-order chi connectivity index (χ1) is 12.6. The molecule has 4 heteroatoms. The van der Waals surface area contributed by atoms with E-state index in [1.165, 1.54) is 0 Å². The largest absolute Gasteiger partial charge is 0.484 e. The Bertz CT molecular complexity index is 922. The molecule has 26 heavy (non-hydrogen) atoms. The Labute approximate surface area is 152 Å². The van der Waals surface area contributed by atoms with Gasteiger partial charge in [0.2, 0.25) is 0 Å². The van der Waals surface area contributed by atoms with Gasteiger partial charge >= 0.3 is 0 Å².